The molecule has 0 radical (unpaired) electrons. The number of nitrogens with zero attached hydrogens (tertiary/aromatic N) is 1. The van der Waals surface area contributed by atoms with Gasteiger partial charge in [0.05, 0.1) is 12.3 Å². The first-order chi connectivity index (χ1) is 8.47. The minimum absolute atomic E-state index is 0.395. The second-order valence-corrected chi connectivity index (χ2v) is 5.60. The van der Waals surface area contributed by atoms with Crippen LogP contribution in [0.15, 0.2) is 22.7 Å². The average Bonchev–Trinajstić information content (AvgIpc) is 2.30. The van der Waals surface area contributed by atoms with Crippen LogP contribution in [0.4, 0.5) is 5.69 Å². The summed E-state index contributed by atoms with van der Waals surface area (Å²) < 4.78 is 6.15. The van der Waals surface area contributed by atoms with Gasteiger partial charge in [-0.2, -0.15) is 0 Å². The molecule has 0 spiro atoms. The van der Waals surface area contributed by atoms with Gasteiger partial charge in [-0.15, -0.1) is 0 Å². The van der Waals surface area contributed by atoms with Crippen molar-refractivity contribution in [2.75, 3.05) is 25.2 Å². The van der Waals surface area contributed by atoms with E-state index in [9.17, 15) is 0 Å². The van der Waals surface area contributed by atoms with Gasteiger partial charge in [0.1, 0.15) is 4.99 Å². The van der Waals surface area contributed by atoms with Crippen molar-refractivity contribution in [1.29, 1.82) is 0 Å². The van der Waals surface area contributed by atoms with Gasteiger partial charge in [0.2, 0.25) is 0 Å². The van der Waals surface area contributed by atoms with Crippen LogP contribution in [0.1, 0.15) is 19.4 Å². The first kappa shape index (κ1) is 15.4. The molecule has 0 bridgehead atoms. The Balaban J connectivity index is 3.01. The van der Waals surface area contributed by atoms with E-state index in [1.165, 1.54) is 0 Å². The first-order valence-electron chi connectivity index (χ1n) is 5.82. The standard InChI is InChI=1S/C13H19BrN2OS/c1-9(2)16(6-7-17-3)12-5-4-10(13(15)18)8-11(12)14/h4-5,8-9H,6-7H2,1-3H3,(H2,15,18). The summed E-state index contributed by atoms with van der Waals surface area (Å²) in [5.41, 5.74) is 7.62. The van der Waals surface area contributed by atoms with Crippen LogP contribution in [0.2, 0.25) is 0 Å². The minimum Gasteiger partial charge on any atom is -0.389 e. The molecule has 1 rings (SSSR count). The smallest absolute Gasteiger partial charge is 0.104 e. The van der Waals surface area contributed by atoms with Crippen LogP contribution in [0.5, 0.6) is 0 Å². The Morgan fingerprint density at radius 1 is 1.50 bits per heavy atom. The Bertz CT molecular complexity index is 423. The third-order valence-electron chi connectivity index (χ3n) is 2.70. The maximum Gasteiger partial charge on any atom is 0.104 e. The van der Waals surface area contributed by atoms with E-state index in [1.807, 2.05) is 18.2 Å². The van der Waals surface area contributed by atoms with Crippen LogP contribution in [0, 0.1) is 0 Å². The molecule has 2 N–H and O–H groups in total. The number of hydrogen-bond acceptors (Lipinski definition) is 3. The van der Waals surface area contributed by atoms with Crippen LogP contribution >= 0.6 is 28.1 Å². The summed E-state index contributed by atoms with van der Waals surface area (Å²) in [6, 6.07) is 6.34. The Morgan fingerprint density at radius 2 is 2.17 bits per heavy atom. The lowest BCUT2D eigenvalue weighted by atomic mass is 10.1. The highest BCUT2D eigenvalue weighted by Gasteiger charge is 2.14. The average molecular weight is 331 g/mol. The zero-order chi connectivity index (χ0) is 13.7. The second-order valence-electron chi connectivity index (χ2n) is 4.31. The molecule has 0 aliphatic carbocycles. The number of ether oxygens (including phenoxy) is 1. The van der Waals surface area contributed by atoms with Gasteiger partial charge in [-0.1, -0.05) is 12.2 Å². The molecule has 0 aromatic heterocycles. The highest BCUT2D eigenvalue weighted by Crippen LogP contribution is 2.28. The summed E-state index contributed by atoms with van der Waals surface area (Å²) in [6.45, 7) is 5.86. The fraction of sp³-hybridized carbons (Fsp3) is 0.462. The van der Waals surface area contributed by atoms with Gasteiger partial charge in [-0.3, -0.25) is 0 Å². The molecule has 0 unspecified atom stereocenters. The molecule has 0 heterocycles. The van der Waals surface area contributed by atoms with Crippen molar-refractivity contribution in [1.82, 2.24) is 0 Å². The lowest BCUT2D eigenvalue weighted by Gasteiger charge is -2.30. The van der Waals surface area contributed by atoms with Gasteiger partial charge < -0.3 is 15.4 Å². The van der Waals surface area contributed by atoms with E-state index < -0.39 is 0 Å². The highest BCUT2D eigenvalue weighted by atomic mass is 79.9. The van der Waals surface area contributed by atoms with Crippen molar-refractivity contribution in [3.05, 3.63) is 28.2 Å². The van der Waals surface area contributed by atoms with E-state index in [-0.39, 0.29) is 0 Å². The third kappa shape index (κ3) is 3.93. The minimum atomic E-state index is 0.395. The Kier molecular flexibility index (Phi) is 6.05. The van der Waals surface area contributed by atoms with Crippen molar-refractivity contribution in [3.63, 3.8) is 0 Å². The van der Waals surface area contributed by atoms with E-state index in [0.717, 1.165) is 22.3 Å². The zero-order valence-corrected chi connectivity index (χ0v) is 13.3. The van der Waals surface area contributed by atoms with E-state index in [2.05, 4.69) is 34.7 Å². The van der Waals surface area contributed by atoms with Crippen molar-refractivity contribution in [2.45, 2.75) is 19.9 Å². The monoisotopic (exact) mass is 330 g/mol. The molecule has 1 aromatic carbocycles. The maximum atomic E-state index is 5.63. The van der Waals surface area contributed by atoms with Gasteiger partial charge in [0.25, 0.3) is 0 Å². The number of benzene rings is 1. The number of anilines is 1. The summed E-state index contributed by atoms with van der Waals surface area (Å²) in [5, 5.41) is 0. The molecule has 100 valence electrons. The largest absolute Gasteiger partial charge is 0.389 e. The van der Waals surface area contributed by atoms with E-state index in [4.69, 9.17) is 22.7 Å². The van der Waals surface area contributed by atoms with Gasteiger partial charge in [-0.05, 0) is 48.0 Å². The number of thiocarbonyl (C=S) groups is 1. The van der Waals surface area contributed by atoms with E-state index in [1.54, 1.807) is 7.11 Å². The third-order valence-corrected chi connectivity index (χ3v) is 3.57. The van der Waals surface area contributed by atoms with Crippen LogP contribution in [0.25, 0.3) is 0 Å². The molecule has 5 heteroatoms. The van der Waals surface area contributed by atoms with Crippen LogP contribution in [-0.4, -0.2) is 31.3 Å². The van der Waals surface area contributed by atoms with Crippen LogP contribution in [0.3, 0.4) is 0 Å². The molecule has 18 heavy (non-hydrogen) atoms. The molecule has 0 aliphatic heterocycles. The summed E-state index contributed by atoms with van der Waals surface area (Å²) in [6.07, 6.45) is 0. The first-order valence-corrected chi connectivity index (χ1v) is 7.02. The lowest BCUT2D eigenvalue weighted by molar-refractivity contribution is 0.204. The molecule has 0 aliphatic rings. The van der Waals surface area contributed by atoms with Crippen molar-refractivity contribution < 1.29 is 4.74 Å². The van der Waals surface area contributed by atoms with Crippen molar-refractivity contribution in [3.8, 4) is 0 Å². The molecule has 0 amide bonds. The lowest BCUT2D eigenvalue weighted by Crippen LogP contribution is -2.34. The maximum absolute atomic E-state index is 5.63. The van der Waals surface area contributed by atoms with E-state index in [0.29, 0.717) is 17.6 Å². The Hall–Kier alpha value is -0.650. The van der Waals surface area contributed by atoms with Gasteiger partial charge >= 0.3 is 0 Å². The number of halogens is 1. The summed E-state index contributed by atoms with van der Waals surface area (Å²) in [4.78, 5) is 2.69. The molecule has 0 atom stereocenters. The van der Waals surface area contributed by atoms with Crippen molar-refractivity contribution >= 4 is 38.8 Å². The fourth-order valence-corrected chi connectivity index (χ4v) is 2.47. The van der Waals surface area contributed by atoms with Gasteiger partial charge in [0, 0.05) is 29.7 Å². The number of nitrogens with two attached hydrogens (primary N) is 1. The molecule has 0 fully saturated rings. The Labute approximate surface area is 122 Å². The van der Waals surface area contributed by atoms with E-state index >= 15 is 0 Å². The summed E-state index contributed by atoms with van der Waals surface area (Å²) in [5.74, 6) is 0. The molecule has 0 saturated heterocycles. The zero-order valence-electron chi connectivity index (χ0n) is 10.9. The quantitative estimate of drug-likeness (QED) is 0.814. The van der Waals surface area contributed by atoms with Crippen molar-refractivity contribution in [2.24, 2.45) is 5.73 Å². The topological polar surface area (TPSA) is 38.5 Å². The summed E-state index contributed by atoms with van der Waals surface area (Å²) in [7, 11) is 1.71. The summed E-state index contributed by atoms with van der Waals surface area (Å²) >= 11 is 8.55. The molecule has 3 nitrogen and oxygen atoms in total. The molecule has 0 saturated carbocycles. The number of methoxy groups -OCH3 is 1. The normalized spacial score (nSPS) is 10.7. The SMILES string of the molecule is COCCN(c1ccc(C(N)=S)cc1Br)C(C)C. The van der Waals surface area contributed by atoms with Gasteiger partial charge in [-0.25, -0.2) is 0 Å². The van der Waals surface area contributed by atoms with Crippen LogP contribution < -0.4 is 10.6 Å². The molecular weight excluding hydrogens is 312 g/mol. The number of rotatable bonds is 6. The fourth-order valence-electron chi connectivity index (χ4n) is 1.74. The second kappa shape index (κ2) is 7.07. The predicted octanol–water partition coefficient (Wildman–Crippen LogP) is 2.94. The van der Waals surface area contributed by atoms with Crippen LogP contribution in [-0.2, 0) is 4.74 Å². The Morgan fingerprint density at radius 3 is 2.61 bits per heavy atom. The molecular formula is C13H19BrN2OS. The predicted molar refractivity (Wildman–Crippen MR) is 84.4 cm³/mol. The number of hydrogen-bond donors (Lipinski definition) is 1. The highest BCUT2D eigenvalue weighted by molar-refractivity contribution is 9.10. The van der Waals surface area contributed by atoms with Gasteiger partial charge in [0.15, 0.2) is 0 Å². The molecule has 1 aromatic rings.